The predicted molar refractivity (Wildman–Crippen MR) is 104 cm³/mol. The third-order valence-corrected chi connectivity index (χ3v) is 5.78. The van der Waals surface area contributed by atoms with Crippen LogP contribution < -0.4 is 9.64 Å². The highest BCUT2D eigenvalue weighted by Gasteiger charge is 2.55. The first-order chi connectivity index (χ1) is 13.4. The Morgan fingerprint density at radius 3 is 2.71 bits per heavy atom. The average molecular weight is 381 g/mol. The Bertz CT molecular complexity index is 912. The van der Waals surface area contributed by atoms with Crippen molar-refractivity contribution < 1.29 is 19.4 Å². The number of nitrogens with zero attached hydrogens (tertiary/aromatic N) is 3. The second kappa shape index (κ2) is 6.82. The van der Waals surface area contributed by atoms with Gasteiger partial charge in [0.15, 0.2) is 0 Å². The zero-order valence-corrected chi connectivity index (χ0v) is 16.0. The summed E-state index contributed by atoms with van der Waals surface area (Å²) in [6.45, 7) is 0.804. The first-order valence-corrected chi connectivity index (χ1v) is 9.27. The summed E-state index contributed by atoms with van der Waals surface area (Å²) in [5, 5.41) is 10.1. The van der Waals surface area contributed by atoms with Crippen molar-refractivity contribution in [2.45, 2.75) is 6.42 Å². The van der Waals surface area contributed by atoms with Gasteiger partial charge >= 0.3 is 5.97 Å². The molecule has 1 fully saturated rings. The summed E-state index contributed by atoms with van der Waals surface area (Å²) in [5.41, 5.74) is 0.293. The van der Waals surface area contributed by atoms with Crippen molar-refractivity contribution in [2.24, 2.45) is 11.3 Å². The Balaban J connectivity index is 1.61. The van der Waals surface area contributed by atoms with E-state index in [1.165, 1.54) is 0 Å². The molecular formula is C21H23N3O4. The fraction of sp³-hybridized carbons (Fsp3) is 0.381. The molecule has 0 saturated carbocycles. The van der Waals surface area contributed by atoms with Gasteiger partial charge in [0.25, 0.3) is 5.91 Å². The topological polar surface area (TPSA) is 83.0 Å². The van der Waals surface area contributed by atoms with Gasteiger partial charge in [-0.2, -0.15) is 0 Å². The van der Waals surface area contributed by atoms with Crippen LogP contribution in [-0.4, -0.2) is 60.7 Å². The molecule has 1 amide bonds. The first-order valence-electron chi connectivity index (χ1n) is 9.27. The number of anilines is 1. The van der Waals surface area contributed by atoms with Crippen molar-refractivity contribution in [1.29, 1.82) is 0 Å². The van der Waals surface area contributed by atoms with Gasteiger partial charge in [-0.25, -0.2) is 4.98 Å². The van der Waals surface area contributed by atoms with E-state index in [1.54, 1.807) is 23.2 Å². The number of benzene rings is 1. The quantitative estimate of drug-likeness (QED) is 0.875. The molecule has 7 heteroatoms. The molecule has 1 N–H and O–H groups in total. The Labute approximate surface area is 163 Å². The van der Waals surface area contributed by atoms with E-state index in [4.69, 9.17) is 4.74 Å². The van der Waals surface area contributed by atoms with Crippen molar-refractivity contribution in [3.05, 3.63) is 53.7 Å². The highest BCUT2D eigenvalue weighted by molar-refractivity contribution is 5.95. The summed E-state index contributed by atoms with van der Waals surface area (Å²) in [5.74, 6) is 0.151. The number of carbonyl (C=O) groups is 2. The number of carbonyl (C=O) groups excluding carboxylic acids is 1. The minimum absolute atomic E-state index is 0.166. The highest BCUT2D eigenvalue weighted by Crippen LogP contribution is 2.44. The number of para-hydroxylation sites is 1. The average Bonchev–Trinajstić information content (AvgIpc) is 2.98. The molecule has 1 aromatic heterocycles. The number of hydrogen-bond acceptors (Lipinski definition) is 5. The molecule has 0 bridgehead atoms. The number of likely N-dealkylation sites (tertiary alicyclic amines) is 1. The van der Waals surface area contributed by atoms with Gasteiger partial charge < -0.3 is 19.6 Å². The summed E-state index contributed by atoms with van der Waals surface area (Å²) in [7, 11) is 3.76. The van der Waals surface area contributed by atoms with Gasteiger partial charge in [-0.15, -0.1) is 0 Å². The Hall–Kier alpha value is -3.09. The van der Waals surface area contributed by atoms with E-state index >= 15 is 0 Å². The third-order valence-electron chi connectivity index (χ3n) is 5.78. The molecule has 3 heterocycles. The second-order valence-corrected chi connectivity index (χ2v) is 7.74. The van der Waals surface area contributed by atoms with Gasteiger partial charge in [0.2, 0.25) is 0 Å². The van der Waals surface area contributed by atoms with Crippen molar-refractivity contribution in [3.8, 4) is 5.75 Å². The number of aliphatic carboxylic acids is 1. The standard InChI is InChI=1S/C21H23N3O4/c1-23(2)18-8-7-15(10-22-18)19(25)24-11-16-12-28-17-6-4-3-5-14(17)9-21(16,13-24)20(26)27/h3-8,10,16H,9,11-13H2,1-2H3,(H,26,27)/t16-,21+/m0/s1. The van der Waals surface area contributed by atoms with E-state index in [1.807, 2.05) is 43.3 Å². The number of hydrogen-bond donors (Lipinski definition) is 1. The summed E-state index contributed by atoms with van der Waals surface area (Å²) >= 11 is 0. The van der Waals surface area contributed by atoms with Crippen LogP contribution in [0.5, 0.6) is 5.75 Å². The van der Waals surface area contributed by atoms with Gasteiger partial charge in [-0.3, -0.25) is 9.59 Å². The number of rotatable bonds is 3. The van der Waals surface area contributed by atoms with Crippen LogP contribution in [0.4, 0.5) is 5.82 Å². The first kappa shape index (κ1) is 18.3. The van der Waals surface area contributed by atoms with Gasteiger partial charge in [0, 0.05) is 39.3 Å². The van der Waals surface area contributed by atoms with Crippen LogP contribution in [0, 0.1) is 11.3 Å². The highest BCUT2D eigenvalue weighted by atomic mass is 16.5. The molecule has 4 rings (SSSR count). The molecule has 7 nitrogen and oxygen atoms in total. The molecule has 0 radical (unpaired) electrons. The van der Waals surface area contributed by atoms with Crippen molar-refractivity contribution >= 4 is 17.7 Å². The normalized spacial score (nSPS) is 23.2. The summed E-state index contributed by atoms with van der Waals surface area (Å²) in [6.07, 6.45) is 1.90. The molecule has 2 aromatic rings. The SMILES string of the molecule is CN(C)c1ccc(C(=O)N2C[C@H]3COc4ccccc4C[C@@]3(C(=O)O)C2)cn1. The third kappa shape index (κ3) is 2.96. The van der Waals surface area contributed by atoms with Crippen LogP contribution >= 0.6 is 0 Å². The molecule has 2 aliphatic rings. The lowest BCUT2D eigenvalue weighted by molar-refractivity contribution is -0.150. The number of amides is 1. The fourth-order valence-electron chi connectivity index (χ4n) is 4.14. The molecule has 28 heavy (non-hydrogen) atoms. The van der Waals surface area contributed by atoms with E-state index in [2.05, 4.69) is 4.98 Å². The maximum atomic E-state index is 13.0. The number of aromatic nitrogens is 1. The van der Waals surface area contributed by atoms with Crippen LogP contribution in [-0.2, 0) is 11.2 Å². The summed E-state index contributed by atoms with van der Waals surface area (Å²) in [4.78, 5) is 33.1. The van der Waals surface area contributed by atoms with Crippen LogP contribution in [0.1, 0.15) is 15.9 Å². The van der Waals surface area contributed by atoms with E-state index in [0.717, 1.165) is 17.1 Å². The molecule has 0 aliphatic carbocycles. The van der Waals surface area contributed by atoms with Crippen LogP contribution in [0.15, 0.2) is 42.6 Å². The van der Waals surface area contributed by atoms with Gasteiger partial charge in [-0.1, -0.05) is 18.2 Å². The van der Waals surface area contributed by atoms with Gasteiger partial charge in [-0.05, 0) is 30.2 Å². The molecule has 1 aromatic carbocycles. The summed E-state index contributed by atoms with van der Waals surface area (Å²) < 4.78 is 5.89. The van der Waals surface area contributed by atoms with Gasteiger partial charge in [0.1, 0.15) is 11.6 Å². The van der Waals surface area contributed by atoms with E-state index in [0.29, 0.717) is 18.5 Å². The smallest absolute Gasteiger partial charge is 0.312 e. The van der Waals surface area contributed by atoms with Crippen molar-refractivity contribution in [3.63, 3.8) is 0 Å². The lowest BCUT2D eigenvalue weighted by Crippen LogP contribution is -2.42. The molecular weight excluding hydrogens is 358 g/mol. The minimum atomic E-state index is -1.04. The van der Waals surface area contributed by atoms with Crippen LogP contribution in [0.25, 0.3) is 0 Å². The number of fused-ring (bicyclic) bond motifs is 2. The van der Waals surface area contributed by atoms with Gasteiger partial charge in [0.05, 0.1) is 17.6 Å². The van der Waals surface area contributed by atoms with E-state index in [-0.39, 0.29) is 25.0 Å². The minimum Gasteiger partial charge on any atom is -0.493 e. The molecule has 1 saturated heterocycles. The lowest BCUT2D eigenvalue weighted by Gasteiger charge is -2.27. The Morgan fingerprint density at radius 1 is 1.25 bits per heavy atom. The van der Waals surface area contributed by atoms with E-state index < -0.39 is 11.4 Å². The molecule has 0 spiro atoms. The number of ether oxygens (including phenoxy) is 1. The van der Waals surface area contributed by atoms with Crippen molar-refractivity contribution in [1.82, 2.24) is 9.88 Å². The Morgan fingerprint density at radius 2 is 2.04 bits per heavy atom. The van der Waals surface area contributed by atoms with E-state index in [9.17, 15) is 14.7 Å². The fourth-order valence-corrected chi connectivity index (χ4v) is 4.14. The predicted octanol–water partition coefficient (Wildman–Crippen LogP) is 1.93. The van der Waals surface area contributed by atoms with Crippen LogP contribution in [0.3, 0.4) is 0 Å². The zero-order chi connectivity index (χ0) is 19.9. The number of pyridine rings is 1. The maximum Gasteiger partial charge on any atom is 0.312 e. The lowest BCUT2D eigenvalue weighted by atomic mass is 9.74. The largest absolute Gasteiger partial charge is 0.493 e. The molecule has 146 valence electrons. The molecule has 0 unspecified atom stereocenters. The molecule has 2 atom stereocenters. The van der Waals surface area contributed by atoms with Crippen molar-refractivity contribution in [2.75, 3.05) is 38.7 Å². The second-order valence-electron chi connectivity index (χ2n) is 7.74. The number of carboxylic acid groups (broad SMARTS) is 1. The number of carboxylic acids is 1. The Kier molecular flexibility index (Phi) is 4.45. The molecule has 2 aliphatic heterocycles. The van der Waals surface area contributed by atoms with Crippen LogP contribution in [0.2, 0.25) is 0 Å². The zero-order valence-electron chi connectivity index (χ0n) is 16.0. The maximum absolute atomic E-state index is 13.0. The summed E-state index contributed by atoms with van der Waals surface area (Å²) in [6, 6.07) is 11.1. The monoisotopic (exact) mass is 381 g/mol.